The number of halogens is 1. The van der Waals surface area contributed by atoms with Crippen LogP contribution in [0.15, 0.2) is 48.5 Å². The van der Waals surface area contributed by atoms with Gasteiger partial charge in [0, 0.05) is 6.42 Å². The van der Waals surface area contributed by atoms with Crippen LogP contribution in [0.5, 0.6) is 5.75 Å². The third kappa shape index (κ3) is 2.94. The molecule has 2 aromatic carbocycles. The van der Waals surface area contributed by atoms with E-state index in [1.165, 1.54) is 11.1 Å². The molecule has 0 spiro atoms. The van der Waals surface area contributed by atoms with Crippen molar-refractivity contribution < 1.29 is 4.74 Å². The Balaban J connectivity index is 1.76. The monoisotopic (exact) mass is 300 g/mol. The molecule has 0 saturated heterocycles. The van der Waals surface area contributed by atoms with Crippen molar-refractivity contribution in [3.05, 3.63) is 65.2 Å². The fourth-order valence-electron chi connectivity index (χ4n) is 2.75. The zero-order chi connectivity index (χ0) is 15.0. The van der Waals surface area contributed by atoms with E-state index < -0.39 is 0 Å². The fraction of sp³-hybridized carbons (Fsp3) is 0.368. The fourth-order valence-corrected chi connectivity index (χ4v) is 3.04. The molecule has 0 amide bonds. The minimum Gasteiger partial charge on any atom is -0.488 e. The quantitative estimate of drug-likeness (QED) is 0.687. The Labute approximate surface area is 131 Å². The largest absolute Gasteiger partial charge is 0.488 e. The van der Waals surface area contributed by atoms with E-state index >= 15 is 0 Å². The van der Waals surface area contributed by atoms with Gasteiger partial charge in [-0.25, -0.2) is 0 Å². The van der Waals surface area contributed by atoms with Crippen LogP contribution in [0.2, 0.25) is 0 Å². The van der Waals surface area contributed by atoms with Crippen LogP contribution in [-0.2, 0) is 11.8 Å². The predicted octanol–water partition coefficient (Wildman–Crippen LogP) is 5.27. The minimum absolute atomic E-state index is 0.0181. The lowest BCUT2D eigenvalue weighted by molar-refractivity contribution is 0.227. The van der Waals surface area contributed by atoms with Gasteiger partial charge in [0.1, 0.15) is 11.9 Å². The molecule has 2 heteroatoms. The Morgan fingerprint density at radius 2 is 1.71 bits per heavy atom. The summed E-state index contributed by atoms with van der Waals surface area (Å²) in [5, 5.41) is -0.119. The first-order valence-electron chi connectivity index (χ1n) is 7.44. The lowest BCUT2D eigenvalue weighted by Gasteiger charge is -2.21. The first kappa shape index (κ1) is 14.5. The first-order chi connectivity index (χ1) is 9.95. The van der Waals surface area contributed by atoms with Crippen LogP contribution in [0.3, 0.4) is 0 Å². The summed E-state index contributed by atoms with van der Waals surface area (Å²) in [6.07, 6.45) is 0.898. The Kier molecular flexibility index (Phi) is 3.71. The maximum Gasteiger partial charge on any atom is 0.123 e. The second kappa shape index (κ2) is 5.38. The number of alkyl halides is 1. The maximum absolute atomic E-state index is 6.64. The number of hydrogen-bond acceptors (Lipinski definition) is 1. The van der Waals surface area contributed by atoms with E-state index in [0.29, 0.717) is 0 Å². The third-order valence-electron chi connectivity index (χ3n) is 4.09. The molecule has 0 fully saturated rings. The lowest BCUT2D eigenvalue weighted by atomic mass is 9.86. The predicted molar refractivity (Wildman–Crippen MR) is 88.3 cm³/mol. The van der Waals surface area contributed by atoms with Gasteiger partial charge in [-0.2, -0.15) is 0 Å². The van der Waals surface area contributed by atoms with Crippen LogP contribution in [-0.4, -0.2) is 6.10 Å². The highest BCUT2D eigenvalue weighted by molar-refractivity contribution is 6.21. The van der Waals surface area contributed by atoms with Gasteiger partial charge < -0.3 is 4.74 Å². The molecular weight excluding hydrogens is 280 g/mol. The Morgan fingerprint density at radius 3 is 2.33 bits per heavy atom. The van der Waals surface area contributed by atoms with E-state index in [-0.39, 0.29) is 16.9 Å². The summed E-state index contributed by atoms with van der Waals surface area (Å²) in [6.45, 7) is 6.66. The molecule has 1 nitrogen and oxygen atoms in total. The second-order valence-corrected chi connectivity index (χ2v) is 7.21. The number of ether oxygens (including phenoxy) is 1. The van der Waals surface area contributed by atoms with Crippen LogP contribution >= 0.6 is 11.6 Å². The van der Waals surface area contributed by atoms with Crippen molar-refractivity contribution >= 4 is 11.6 Å². The van der Waals surface area contributed by atoms with Crippen molar-refractivity contribution in [1.29, 1.82) is 0 Å². The van der Waals surface area contributed by atoms with Gasteiger partial charge in [0.25, 0.3) is 0 Å². The molecule has 1 aliphatic rings. The summed E-state index contributed by atoms with van der Waals surface area (Å²) in [6, 6.07) is 16.8. The number of benzene rings is 2. The van der Waals surface area contributed by atoms with E-state index in [4.69, 9.17) is 16.3 Å². The lowest BCUT2D eigenvalue weighted by Crippen LogP contribution is -2.19. The summed E-state index contributed by atoms with van der Waals surface area (Å²) < 4.78 is 5.99. The molecule has 0 aromatic heterocycles. The van der Waals surface area contributed by atoms with Crippen molar-refractivity contribution in [3.8, 4) is 5.75 Å². The average Bonchev–Trinajstić information content (AvgIpc) is 2.89. The minimum atomic E-state index is -0.119. The van der Waals surface area contributed by atoms with Crippen molar-refractivity contribution in [3.63, 3.8) is 0 Å². The van der Waals surface area contributed by atoms with Crippen LogP contribution < -0.4 is 4.74 Å². The summed E-state index contributed by atoms with van der Waals surface area (Å²) in [7, 11) is 0. The molecule has 2 unspecified atom stereocenters. The van der Waals surface area contributed by atoms with Gasteiger partial charge in [-0.05, 0) is 28.2 Å². The standard InChI is InChI=1S/C19H21ClO/c1-19(2,3)15-10-8-13(9-11-15)18(20)17-12-14-6-4-5-7-16(14)21-17/h4-11,17-18H,12H2,1-3H3. The van der Waals surface area contributed by atoms with Crippen LogP contribution in [0.4, 0.5) is 0 Å². The molecule has 0 N–H and O–H groups in total. The van der Waals surface area contributed by atoms with Gasteiger partial charge in [0.2, 0.25) is 0 Å². The highest BCUT2D eigenvalue weighted by Gasteiger charge is 2.30. The summed E-state index contributed by atoms with van der Waals surface area (Å²) in [5.74, 6) is 0.972. The van der Waals surface area contributed by atoms with Gasteiger partial charge in [-0.1, -0.05) is 63.2 Å². The Morgan fingerprint density at radius 1 is 1.05 bits per heavy atom. The van der Waals surface area contributed by atoms with Crippen molar-refractivity contribution in [2.75, 3.05) is 0 Å². The number of fused-ring (bicyclic) bond motifs is 1. The summed E-state index contributed by atoms with van der Waals surface area (Å²) >= 11 is 6.64. The van der Waals surface area contributed by atoms with Crippen LogP contribution in [0.1, 0.15) is 42.8 Å². The normalized spacial score (nSPS) is 19.0. The maximum atomic E-state index is 6.64. The number of para-hydroxylation sites is 1. The van der Waals surface area contributed by atoms with Gasteiger partial charge in [0.15, 0.2) is 0 Å². The van der Waals surface area contributed by atoms with Gasteiger partial charge >= 0.3 is 0 Å². The Hall–Kier alpha value is -1.47. The first-order valence-corrected chi connectivity index (χ1v) is 7.88. The van der Waals surface area contributed by atoms with Crippen molar-refractivity contribution in [2.45, 2.75) is 44.1 Å². The number of hydrogen-bond donors (Lipinski definition) is 0. The van der Waals surface area contributed by atoms with Crippen molar-refractivity contribution in [1.82, 2.24) is 0 Å². The molecule has 110 valence electrons. The smallest absolute Gasteiger partial charge is 0.123 e. The molecule has 0 bridgehead atoms. The number of rotatable bonds is 2. The molecular formula is C19H21ClO. The Bertz CT molecular complexity index is 600. The molecule has 2 atom stereocenters. The highest BCUT2D eigenvalue weighted by Crippen LogP contribution is 2.37. The topological polar surface area (TPSA) is 9.23 Å². The van der Waals surface area contributed by atoms with E-state index in [2.05, 4.69) is 51.1 Å². The molecule has 3 rings (SSSR count). The highest BCUT2D eigenvalue weighted by atomic mass is 35.5. The summed E-state index contributed by atoms with van der Waals surface area (Å²) in [4.78, 5) is 0. The van der Waals surface area contributed by atoms with Crippen molar-refractivity contribution in [2.24, 2.45) is 0 Å². The molecule has 1 aliphatic heterocycles. The van der Waals surface area contributed by atoms with E-state index in [1.807, 2.05) is 18.2 Å². The van der Waals surface area contributed by atoms with Gasteiger partial charge in [-0.3, -0.25) is 0 Å². The molecule has 21 heavy (non-hydrogen) atoms. The zero-order valence-electron chi connectivity index (χ0n) is 12.8. The van der Waals surface area contributed by atoms with Gasteiger partial charge in [0.05, 0.1) is 5.38 Å². The zero-order valence-corrected chi connectivity index (χ0v) is 13.5. The van der Waals surface area contributed by atoms with Crippen LogP contribution in [0.25, 0.3) is 0 Å². The molecule has 0 saturated carbocycles. The van der Waals surface area contributed by atoms with E-state index in [1.54, 1.807) is 0 Å². The SMILES string of the molecule is CC(C)(C)c1ccc(C(Cl)C2Cc3ccccc3O2)cc1. The average molecular weight is 301 g/mol. The molecule has 0 aliphatic carbocycles. The molecule has 2 aromatic rings. The second-order valence-electron chi connectivity index (χ2n) is 6.74. The van der Waals surface area contributed by atoms with Crippen LogP contribution in [0, 0.1) is 0 Å². The molecule has 0 radical (unpaired) electrons. The van der Waals surface area contributed by atoms with E-state index in [9.17, 15) is 0 Å². The summed E-state index contributed by atoms with van der Waals surface area (Å²) in [5.41, 5.74) is 3.87. The molecule has 1 heterocycles. The van der Waals surface area contributed by atoms with Gasteiger partial charge in [-0.15, -0.1) is 11.6 Å². The van der Waals surface area contributed by atoms with E-state index in [0.717, 1.165) is 17.7 Å². The third-order valence-corrected chi connectivity index (χ3v) is 4.63.